The van der Waals surface area contributed by atoms with E-state index in [9.17, 15) is 14.4 Å². The second kappa shape index (κ2) is 68.3. The Morgan fingerprint density at radius 2 is 0.494 bits per heavy atom. The van der Waals surface area contributed by atoms with Gasteiger partial charge in [0, 0.05) is 19.3 Å². The average Bonchev–Trinajstić information content (AvgIpc) is 3.47. The Hall–Kier alpha value is -4.19. The number of unbranched alkanes of at least 4 members (excludes halogenated alkanes) is 30. The van der Waals surface area contributed by atoms with Crippen molar-refractivity contribution in [1.82, 2.24) is 0 Å². The maximum absolute atomic E-state index is 12.9. The Morgan fingerprint density at radius 3 is 0.802 bits per heavy atom. The van der Waals surface area contributed by atoms with Crippen LogP contribution >= 0.6 is 0 Å². The highest BCUT2D eigenvalue weighted by molar-refractivity contribution is 5.71. The van der Waals surface area contributed by atoms with Crippen LogP contribution in [0.5, 0.6) is 0 Å². The van der Waals surface area contributed by atoms with Gasteiger partial charge in [-0.05, 0) is 128 Å². The second-order valence-electron chi connectivity index (χ2n) is 22.3. The van der Waals surface area contributed by atoms with Crippen molar-refractivity contribution >= 4 is 17.9 Å². The summed E-state index contributed by atoms with van der Waals surface area (Å²) in [5, 5.41) is 0. The van der Waals surface area contributed by atoms with E-state index in [1.165, 1.54) is 148 Å². The molecular formula is C75H126O6. The molecule has 0 aromatic heterocycles. The predicted molar refractivity (Wildman–Crippen MR) is 353 cm³/mol. The van der Waals surface area contributed by atoms with Crippen LogP contribution in [-0.2, 0) is 28.6 Å². The summed E-state index contributed by atoms with van der Waals surface area (Å²) < 4.78 is 16.9. The minimum atomic E-state index is -0.792. The summed E-state index contributed by atoms with van der Waals surface area (Å²) in [6.45, 7) is 6.48. The van der Waals surface area contributed by atoms with E-state index in [1.54, 1.807) is 0 Å². The van der Waals surface area contributed by atoms with Crippen LogP contribution in [0.4, 0.5) is 0 Å². The molecule has 0 spiro atoms. The molecule has 0 radical (unpaired) electrons. The number of allylic oxidation sites excluding steroid dienone is 20. The van der Waals surface area contributed by atoms with E-state index in [4.69, 9.17) is 14.2 Å². The van der Waals surface area contributed by atoms with Crippen LogP contribution in [0.3, 0.4) is 0 Å². The highest BCUT2D eigenvalue weighted by Crippen LogP contribution is 2.16. The van der Waals surface area contributed by atoms with Crippen molar-refractivity contribution < 1.29 is 28.6 Å². The van der Waals surface area contributed by atoms with E-state index in [2.05, 4.69) is 142 Å². The summed E-state index contributed by atoms with van der Waals surface area (Å²) in [4.78, 5) is 38.3. The summed E-state index contributed by atoms with van der Waals surface area (Å²) in [6.07, 6.45) is 95.0. The molecule has 462 valence electrons. The van der Waals surface area contributed by atoms with Crippen molar-refractivity contribution in [2.45, 2.75) is 322 Å². The first kappa shape index (κ1) is 76.8. The van der Waals surface area contributed by atoms with Crippen LogP contribution < -0.4 is 0 Å². The van der Waals surface area contributed by atoms with Gasteiger partial charge in [-0.25, -0.2) is 0 Å². The van der Waals surface area contributed by atoms with Gasteiger partial charge in [-0.2, -0.15) is 0 Å². The van der Waals surface area contributed by atoms with E-state index in [1.807, 2.05) is 0 Å². The van der Waals surface area contributed by atoms with Gasteiger partial charge in [-0.15, -0.1) is 0 Å². The molecular weight excluding hydrogens is 997 g/mol. The van der Waals surface area contributed by atoms with Gasteiger partial charge in [-0.1, -0.05) is 290 Å². The Labute approximate surface area is 501 Å². The van der Waals surface area contributed by atoms with Gasteiger partial charge in [0.2, 0.25) is 0 Å². The number of esters is 3. The molecule has 0 fully saturated rings. The fourth-order valence-electron chi connectivity index (χ4n) is 9.32. The van der Waals surface area contributed by atoms with E-state index in [-0.39, 0.29) is 31.1 Å². The summed E-state index contributed by atoms with van der Waals surface area (Å²) in [6, 6.07) is 0. The number of carbonyl (C=O) groups is 3. The molecule has 1 unspecified atom stereocenters. The first-order valence-electron chi connectivity index (χ1n) is 34.0. The van der Waals surface area contributed by atoms with E-state index in [0.717, 1.165) is 128 Å². The number of ether oxygens (including phenoxy) is 3. The smallest absolute Gasteiger partial charge is 0.306 e. The van der Waals surface area contributed by atoms with Crippen LogP contribution in [0.15, 0.2) is 122 Å². The summed E-state index contributed by atoms with van der Waals surface area (Å²) in [5.41, 5.74) is 0. The summed E-state index contributed by atoms with van der Waals surface area (Å²) in [5.74, 6) is -0.905. The van der Waals surface area contributed by atoms with E-state index in [0.29, 0.717) is 19.3 Å². The predicted octanol–water partition coefficient (Wildman–Crippen LogP) is 23.6. The molecule has 0 saturated heterocycles. The maximum Gasteiger partial charge on any atom is 0.306 e. The molecule has 6 heteroatoms. The maximum atomic E-state index is 12.9. The molecule has 0 bridgehead atoms. The van der Waals surface area contributed by atoms with Crippen molar-refractivity contribution in [2.75, 3.05) is 13.2 Å². The van der Waals surface area contributed by atoms with Crippen molar-refractivity contribution in [2.24, 2.45) is 0 Å². The Morgan fingerprint density at radius 1 is 0.259 bits per heavy atom. The van der Waals surface area contributed by atoms with Crippen LogP contribution in [0.1, 0.15) is 316 Å². The van der Waals surface area contributed by atoms with Crippen molar-refractivity contribution in [3.05, 3.63) is 122 Å². The van der Waals surface area contributed by atoms with Crippen molar-refractivity contribution in [1.29, 1.82) is 0 Å². The quantitative estimate of drug-likeness (QED) is 0.0261. The van der Waals surface area contributed by atoms with E-state index < -0.39 is 6.10 Å². The number of hydrogen-bond donors (Lipinski definition) is 0. The molecule has 0 aromatic carbocycles. The lowest BCUT2D eigenvalue weighted by atomic mass is 10.0. The minimum absolute atomic E-state index is 0.0877. The molecule has 0 aliphatic heterocycles. The molecule has 0 rings (SSSR count). The highest BCUT2D eigenvalue weighted by Gasteiger charge is 2.19. The first-order valence-corrected chi connectivity index (χ1v) is 34.0. The third-order valence-corrected chi connectivity index (χ3v) is 14.4. The topological polar surface area (TPSA) is 78.9 Å². The highest BCUT2D eigenvalue weighted by atomic mass is 16.6. The fraction of sp³-hybridized carbons (Fsp3) is 0.693. The summed E-state index contributed by atoms with van der Waals surface area (Å²) in [7, 11) is 0. The average molecular weight is 1120 g/mol. The van der Waals surface area contributed by atoms with Gasteiger partial charge in [-0.3, -0.25) is 14.4 Å². The molecule has 0 aliphatic carbocycles. The van der Waals surface area contributed by atoms with Crippen LogP contribution in [-0.4, -0.2) is 37.2 Å². The second-order valence-corrected chi connectivity index (χ2v) is 22.3. The van der Waals surface area contributed by atoms with Gasteiger partial charge in [0.05, 0.1) is 0 Å². The van der Waals surface area contributed by atoms with Gasteiger partial charge in [0.15, 0.2) is 6.10 Å². The number of carbonyl (C=O) groups excluding carboxylic acids is 3. The van der Waals surface area contributed by atoms with Gasteiger partial charge >= 0.3 is 17.9 Å². The molecule has 0 aliphatic rings. The molecule has 0 heterocycles. The largest absolute Gasteiger partial charge is 0.462 e. The molecule has 6 nitrogen and oxygen atoms in total. The van der Waals surface area contributed by atoms with Crippen molar-refractivity contribution in [3.63, 3.8) is 0 Å². The zero-order valence-electron chi connectivity index (χ0n) is 53.0. The van der Waals surface area contributed by atoms with Crippen LogP contribution in [0.25, 0.3) is 0 Å². The van der Waals surface area contributed by atoms with Gasteiger partial charge in [0.25, 0.3) is 0 Å². The lowest BCUT2D eigenvalue weighted by Crippen LogP contribution is -2.30. The zero-order valence-corrected chi connectivity index (χ0v) is 53.0. The third-order valence-electron chi connectivity index (χ3n) is 14.4. The molecule has 0 saturated carbocycles. The van der Waals surface area contributed by atoms with Crippen LogP contribution in [0.2, 0.25) is 0 Å². The zero-order chi connectivity index (χ0) is 58.5. The monoisotopic (exact) mass is 1120 g/mol. The molecule has 1 atom stereocenters. The Balaban J connectivity index is 4.26. The number of rotatable bonds is 61. The third kappa shape index (κ3) is 66.5. The summed E-state index contributed by atoms with van der Waals surface area (Å²) >= 11 is 0. The lowest BCUT2D eigenvalue weighted by molar-refractivity contribution is -0.167. The van der Waals surface area contributed by atoms with Gasteiger partial charge in [0.1, 0.15) is 13.2 Å². The van der Waals surface area contributed by atoms with Crippen molar-refractivity contribution in [3.8, 4) is 0 Å². The molecule has 0 aromatic rings. The lowest BCUT2D eigenvalue weighted by Gasteiger charge is -2.18. The standard InChI is InChI=1S/C75H126O6/c1-4-7-10-13-16-19-22-24-26-28-30-32-33-34-35-36-37-38-39-40-41-43-44-46-48-50-53-56-59-62-65-68-74(77)80-71-72(70-79-73(76)67-64-61-58-55-52-21-18-15-12-9-6-3)81-75(78)69-66-63-60-57-54-51-49-47-45-42-31-29-27-25-23-20-17-14-11-8-5-2/h7,10,15-16,18-19,23-26,29-32,34-35,37-38,45,47,72H,4-6,8-9,11-14,17,20-22,27-28,33,36,39-44,46,48-71H2,1-3H3/b10-7-,18-15-,19-16-,25-23-,26-24-,31-29-,32-30-,35-34-,38-37-,47-45-. The van der Waals surface area contributed by atoms with Crippen LogP contribution in [0, 0.1) is 0 Å². The fourth-order valence-corrected chi connectivity index (χ4v) is 9.32. The normalized spacial score (nSPS) is 12.9. The molecule has 0 N–H and O–H groups in total. The van der Waals surface area contributed by atoms with E-state index >= 15 is 0 Å². The SMILES string of the molecule is CC/C=C\C/C=C\C/C=C\C/C=C\C/C=C\C/C=C\CCCCCCCCCCCCCCC(=O)OCC(COC(=O)CCCCCCC/C=C\CCCC)OC(=O)CCCCCCCC/C=C\C/C=C\C/C=C\CCCCCCC. The molecule has 81 heavy (non-hydrogen) atoms. The Kier molecular flexibility index (Phi) is 64.8. The molecule has 0 amide bonds. The van der Waals surface area contributed by atoms with Gasteiger partial charge < -0.3 is 14.2 Å². The minimum Gasteiger partial charge on any atom is -0.462 e. The first-order chi connectivity index (χ1) is 40.0. The number of hydrogen-bond acceptors (Lipinski definition) is 6. The Bertz CT molecular complexity index is 1670.